The van der Waals surface area contributed by atoms with Gasteiger partial charge in [-0.3, -0.25) is 5.32 Å². The SMILES string of the molecule is NCc1ccnc(OC(=O)Nc2ccc(Nc3cc(-c4cccc5c4oc4ccccc45)ncn3)cc2)c1.O=C(O)C(F)(F)F. The lowest BCUT2D eigenvalue weighted by atomic mass is 10.1. The fourth-order valence-electron chi connectivity index (χ4n) is 4.18. The Bertz CT molecular complexity index is 1980. The molecule has 0 aliphatic carbocycles. The summed E-state index contributed by atoms with van der Waals surface area (Å²) in [5.41, 5.74) is 11.0. The summed E-state index contributed by atoms with van der Waals surface area (Å²) < 4.78 is 43.1. The lowest BCUT2D eigenvalue weighted by molar-refractivity contribution is -0.192. The van der Waals surface area contributed by atoms with Gasteiger partial charge < -0.3 is 25.3 Å². The zero-order valence-electron chi connectivity index (χ0n) is 23.1. The molecule has 14 heteroatoms. The second kappa shape index (κ2) is 13.1. The monoisotopic (exact) mass is 616 g/mol. The van der Waals surface area contributed by atoms with E-state index in [9.17, 15) is 18.0 Å². The van der Waals surface area contributed by atoms with E-state index in [2.05, 4.69) is 25.6 Å². The van der Waals surface area contributed by atoms with Crippen molar-refractivity contribution < 1.29 is 37.0 Å². The molecule has 3 heterocycles. The number of carbonyl (C=O) groups is 2. The van der Waals surface area contributed by atoms with Crippen molar-refractivity contribution in [3.8, 4) is 17.1 Å². The fraction of sp³-hybridized carbons (Fsp3) is 0.0645. The number of carbonyl (C=O) groups excluding carboxylic acids is 1. The van der Waals surface area contributed by atoms with Gasteiger partial charge in [0.25, 0.3) is 0 Å². The first-order valence-corrected chi connectivity index (χ1v) is 13.1. The van der Waals surface area contributed by atoms with Crippen molar-refractivity contribution >= 4 is 51.2 Å². The maximum Gasteiger partial charge on any atom is 0.490 e. The second-order valence-corrected chi connectivity index (χ2v) is 9.30. The first-order valence-electron chi connectivity index (χ1n) is 13.1. The molecule has 6 rings (SSSR count). The fourth-order valence-corrected chi connectivity index (χ4v) is 4.18. The number of aromatic nitrogens is 3. The lowest BCUT2D eigenvalue weighted by Gasteiger charge is -2.09. The zero-order valence-corrected chi connectivity index (χ0v) is 23.1. The zero-order chi connectivity index (χ0) is 32.0. The predicted molar refractivity (Wildman–Crippen MR) is 160 cm³/mol. The third-order valence-corrected chi connectivity index (χ3v) is 6.23. The topological polar surface area (TPSA) is 165 Å². The number of amides is 1. The Morgan fingerprint density at radius 3 is 2.33 bits per heavy atom. The van der Waals surface area contributed by atoms with Crippen LogP contribution in [0.1, 0.15) is 5.56 Å². The van der Waals surface area contributed by atoms with E-state index in [1.807, 2.05) is 60.7 Å². The van der Waals surface area contributed by atoms with Gasteiger partial charge in [0.05, 0.1) is 5.69 Å². The molecule has 0 fully saturated rings. The molecular formula is C31H23F3N6O5. The number of nitrogens with zero attached hydrogens (tertiary/aromatic N) is 3. The Morgan fingerprint density at radius 2 is 1.60 bits per heavy atom. The smallest absolute Gasteiger partial charge is 0.475 e. The third kappa shape index (κ3) is 7.50. The van der Waals surface area contributed by atoms with Crippen molar-refractivity contribution in [1.29, 1.82) is 0 Å². The number of carboxylic acids is 1. The highest BCUT2D eigenvalue weighted by Gasteiger charge is 2.38. The molecule has 0 spiro atoms. The number of halogens is 3. The maximum absolute atomic E-state index is 12.2. The van der Waals surface area contributed by atoms with E-state index in [4.69, 9.17) is 24.8 Å². The maximum atomic E-state index is 12.2. The Morgan fingerprint density at radius 1 is 0.889 bits per heavy atom. The van der Waals surface area contributed by atoms with E-state index in [1.54, 1.807) is 30.5 Å². The highest BCUT2D eigenvalue weighted by Crippen LogP contribution is 2.35. The molecule has 11 nitrogen and oxygen atoms in total. The Labute approximate surface area is 252 Å². The van der Waals surface area contributed by atoms with Gasteiger partial charge in [0, 0.05) is 52.6 Å². The summed E-state index contributed by atoms with van der Waals surface area (Å²) in [6.45, 7) is 0.332. The van der Waals surface area contributed by atoms with E-state index < -0.39 is 18.2 Å². The largest absolute Gasteiger partial charge is 0.490 e. The number of furan rings is 1. The van der Waals surface area contributed by atoms with Crippen LogP contribution in [-0.2, 0) is 11.3 Å². The number of pyridine rings is 1. The van der Waals surface area contributed by atoms with Crippen molar-refractivity contribution in [1.82, 2.24) is 15.0 Å². The van der Waals surface area contributed by atoms with Crippen molar-refractivity contribution in [2.75, 3.05) is 10.6 Å². The first-order chi connectivity index (χ1) is 21.6. The second-order valence-electron chi connectivity index (χ2n) is 9.30. The third-order valence-electron chi connectivity index (χ3n) is 6.23. The van der Waals surface area contributed by atoms with Gasteiger partial charge in [-0.1, -0.05) is 30.3 Å². The molecule has 1 amide bonds. The molecule has 0 radical (unpaired) electrons. The van der Waals surface area contributed by atoms with Crippen LogP contribution in [0.4, 0.5) is 35.2 Å². The Hall–Kier alpha value is -6.02. The van der Waals surface area contributed by atoms with Gasteiger partial charge >= 0.3 is 18.2 Å². The summed E-state index contributed by atoms with van der Waals surface area (Å²) >= 11 is 0. The summed E-state index contributed by atoms with van der Waals surface area (Å²) in [6.07, 6.45) is -2.67. The van der Waals surface area contributed by atoms with E-state index in [1.165, 1.54) is 6.33 Å². The number of hydrogen-bond donors (Lipinski definition) is 4. The summed E-state index contributed by atoms with van der Waals surface area (Å²) in [4.78, 5) is 34.0. The van der Waals surface area contributed by atoms with E-state index >= 15 is 0 Å². The number of ether oxygens (including phenoxy) is 1. The van der Waals surface area contributed by atoms with Crippen LogP contribution in [0.25, 0.3) is 33.2 Å². The molecule has 5 N–H and O–H groups in total. The van der Waals surface area contributed by atoms with Crippen molar-refractivity contribution in [2.45, 2.75) is 12.7 Å². The standard InChI is InChI=1S/C29H22N6O3.C2HF3O2/c30-16-18-12-13-31-27(14-18)38-29(36)35-20-10-8-19(9-11-20)34-26-15-24(32-17-33-26)23-6-3-5-22-21-4-1-2-7-25(21)37-28(22)23;3-2(4,5)1(6)7/h1-15,17H,16,30H2,(H,35,36)(H,32,33,34);(H,6,7). The molecule has 0 aliphatic heterocycles. The van der Waals surface area contributed by atoms with Gasteiger partial charge in [-0.2, -0.15) is 13.2 Å². The number of benzene rings is 3. The number of aliphatic carboxylic acids is 1. The van der Waals surface area contributed by atoms with Gasteiger partial charge in [0.2, 0.25) is 5.88 Å². The number of nitrogens with one attached hydrogen (secondary N) is 2. The number of para-hydroxylation sites is 2. The number of anilines is 3. The van der Waals surface area contributed by atoms with Crippen LogP contribution in [0, 0.1) is 0 Å². The first kappa shape index (κ1) is 30.4. The molecule has 228 valence electrons. The number of alkyl halides is 3. The highest BCUT2D eigenvalue weighted by molar-refractivity contribution is 6.09. The molecule has 0 saturated carbocycles. The average Bonchev–Trinajstić information content (AvgIpc) is 3.41. The van der Waals surface area contributed by atoms with Gasteiger partial charge in [-0.25, -0.2) is 24.5 Å². The summed E-state index contributed by atoms with van der Waals surface area (Å²) in [6, 6.07) is 26.4. The van der Waals surface area contributed by atoms with Crippen molar-refractivity contribution in [3.05, 3.63) is 103 Å². The van der Waals surface area contributed by atoms with Gasteiger partial charge in [0.15, 0.2) is 0 Å². The van der Waals surface area contributed by atoms with Crippen molar-refractivity contribution in [2.24, 2.45) is 5.73 Å². The molecule has 0 unspecified atom stereocenters. The van der Waals surface area contributed by atoms with Crippen molar-refractivity contribution in [3.63, 3.8) is 0 Å². The minimum absolute atomic E-state index is 0.182. The quantitative estimate of drug-likeness (QED) is 0.155. The van der Waals surface area contributed by atoms with Crippen LogP contribution in [0.2, 0.25) is 0 Å². The van der Waals surface area contributed by atoms with E-state index in [-0.39, 0.29) is 5.88 Å². The number of nitrogens with two attached hydrogens (primary N) is 1. The van der Waals surface area contributed by atoms with Gasteiger partial charge in [-0.15, -0.1) is 0 Å². The van der Waals surface area contributed by atoms with Crippen LogP contribution >= 0.6 is 0 Å². The predicted octanol–water partition coefficient (Wildman–Crippen LogP) is 6.88. The normalized spacial score (nSPS) is 11.0. The Kier molecular flexibility index (Phi) is 8.86. The minimum atomic E-state index is -5.08. The average molecular weight is 617 g/mol. The number of hydrogen-bond acceptors (Lipinski definition) is 9. The van der Waals surface area contributed by atoms with Crippen LogP contribution in [0.15, 0.2) is 102 Å². The molecule has 0 aliphatic rings. The number of fused-ring (bicyclic) bond motifs is 3. The summed E-state index contributed by atoms with van der Waals surface area (Å²) in [7, 11) is 0. The number of rotatable bonds is 6. The summed E-state index contributed by atoms with van der Waals surface area (Å²) in [5.74, 6) is -1.96. The molecule has 45 heavy (non-hydrogen) atoms. The van der Waals surface area contributed by atoms with Crippen LogP contribution in [-0.4, -0.2) is 38.3 Å². The van der Waals surface area contributed by atoms with Crippen LogP contribution < -0.4 is 21.1 Å². The molecule has 3 aromatic heterocycles. The van der Waals surface area contributed by atoms with Crippen LogP contribution in [0.5, 0.6) is 5.88 Å². The van der Waals surface area contributed by atoms with Gasteiger partial charge in [0.1, 0.15) is 23.3 Å². The number of carboxylic acid groups (broad SMARTS) is 1. The highest BCUT2D eigenvalue weighted by atomic mass is 19.4. The Balaban J connectivity index is 0.000000515. The molecule has 0 bridgehead atoms. The van der Waals surface area contributed by atoms with Crippen LogP contribution in [0.3, 0.4) is 0 Å². The molecule has 0 atom stereocenters. The van der Waals surface area contributed by atoms with Gasteiger partial charge in [-0.05, 0) is 48.0 Å². The summed E-state index contributed by atoms with van der Waals surface area (Å²) in [5, 5.41) is 15.2. The van der Waals surface area contributed by atoms with E-state index in [0.29, 0.717) is 18.1 Å². The lowest BCUT2D eigenvalue weighted by Crippen LogP contribution is -2.21. The molecule has 0 saturated heterocycles. The molecule has 6 aromatic rings. The minimum Gasteiger partial charge on any atom is -0.475 e. The molecular weight excluding hydrogens is 593 g/mol. The van der Waals surface area contributed by atoms with E-state index in [0.717, 1.165) is 44.4 Å². The molecule has 3 aromatic carbocycles.